The van der Waals surface area contributed by atoms with E-state index in [0.29, 0.717) is 12.3 Å². The summed E-state index contributed by atoms with van der Waals surface area (Å²) < 4.78 is 5.38. The first-order valence-corrected chi connectivity index (χ1v) is 9.20. The molecule has 0 bridgehead atoms. The molecule has 0 spiro atoms. The Morgan fingerprint density at radius 2 is 1.81 bits per heavy atom. The molecule has 1 aliphatic heterocycles. The van der Waals surface area contributed by atoms with Crippen LogP contribution in [0.5, 0.6) is 5.75 Å². The fourth-order valence-corrected chi connectivity index (χ4v) is 3.07. The third-order valence-electron chi connectivity index (χ3n) is 4.46. The van der Waals surface area contributed by atoms with Gasteiger partial charge >= 0.3 is 0 Å². The summed E-state index contributed by atoms with van der Waals surface area (Å²) in [7, 11) is 0. The van der Waals surface area contributed by atoms with Crippen molar-refractivity contribution in [3.8, 4) is 11.8 Å². The summed E-state index contributed by atoms with van der Waals surface area (Å²) in [5.74, 6) is 0.315. The summed E-state index contributed by atoms with van der Waals surface area (Å²) >= 11 is 0. The van der Waals surface area contributed by atoms with Crippen LogP contribution in [0.1, 0.15) is 25.3 Å². The van der Waals surface area contributed by atoms with E-state index in [1.54, 1.807) is 30.3 Å². The molecule has 3 rings (SSSR count). The number of benzene rings is 2. The maximum Gasteiger partial charge on any atom is 0.266 e. The second kappa shape index (κ2) is 8.91. The lowest BCUT2D eigenvalue weighted by Gasteiger charge is -2.17. The average Bonchev–Trinajstić information content (AvgIpc) is 3.23. The summed E-state index contributed by atoms with van der Waals surface area (Å²) in [6, 6.07) is 17.0. The fourth-order valence-electron chi connectivity index (χ4n) is 3.07. The summed E-state index contributed by atoms with van der Waals surface area (Å²) in [6.07, 6.45) is 4.07. The molecular formula is C22H23N3O2. The number of nitrogens with zero attached hydrogens (tertiary/aromatic N) is 2. The molecule has 5 nitrogen and oxygen atoms in total. The SMILES string of the molecule is CCOc1ccc(NC(=O)/C(C#N)=C/c2ccc(N3CCCC3)cc2)cc1. The Hall–Kier alpha value is -3.26. The Labute approximate surface area is 159 Å². The number of carbonyl (C=O) groups is 1. The van der Waals surface area contributed by atoms with Crippen molar-refractivity contribution in [2.75, 3.05) is 29.9 Å². The highest BCUT2D eigenvalue weighted by Gasteiger charge is 2.13. The lowest BCUT2D eigenvalue weighted by molar-refractivity contribution is -0.112. The number of nitrogens with one attached hydrogen (secondary N) is 1. The molecule has 138 valence electrons. The van der Waals surface area contributed by atoms with E-state index in [2.05, 4.69) is 10.2 Å². The van der Waals surface area contributed by atoms with Gasteiger partial charge in [0, 0.05) is 24.5 Å². The van der Waals surface area contributed by atoms with Gasteiger partial charge in [0.25, 0.3) is 5.91 Å². The van der Waals surface area contributed by atoms with E-state index in [1.165, 1.54) is 18.5 Å². The minimum absolute atomic E-state index is 0.0674. The van der Waals surface area contributed by atoms with Gasteiger partial charge in [0.05, 0.1) is 6.61 Å². The van der Waals surface area contributed by atoms with E-state index in [-0.39, 0.29) is 5.57 Å². The first kappa shape index (κ1) is 18.5. The zero-order chi connectivity index (χ0) is 19.1. The monoisotopic (exact) mass is 361 g/mol. The third-order valence-corrected chi connectivity index (χ3v) is 4.46. The van der Waals surface area contributed by atoms with Gasteiger partial charge in [0.1, 0.15) is 17.4 Å². The zero-order valence-electron chi connectivity index (χ0n) is 15.4. The van der Waals surface area contributed by atoms with E-state index in [9.17, 15) is 10.1 Å². The van der Waals surface area contributed by atoms with Crippen molar-refractivity contribution in [1.82, 2.24) is 0 Å². The van der Waals surface area contributed by atoms with Crippen LogP contribution in [-0.4, -0.2) is 25.6 Å². The minimum Gasteiger partial charge on any atom is -0.494 e. The molecule has 2 aromatic carbocycles. The number of ether oxygens (including phenoxy) is 1. The van der Waals surface area contributed by atoms with Gasteiger partial charge in [-0.1, -0.05) is 12.1 Å². The molecule has 1 N–H and O–H groups in total. The Morgan fingerprint density at radius 1 is 1.15 bits per heavy atom. The second-order valence-corrected chi connectivity index (χ2v) is 6.37. The van der Waals surface area contributed by atoms with Gasteiger partial charge in [-0.15, -0.1) is 0 Å². The van der Waals surface area contributed by atoms with Crippen molar-refractivity contribution >= 4 is 23.4 Å². The smallest absolute Gasteiger partial charge is 0.266 e. The highest BCUT2D eigenvalue weighted by Crippen LogP contribution is 2.21. The van der Waals surface area contributed by atoms with E-state index in [1.807, 2.05) is 37.3 Å². The molecule has 0 aromatic heterocycles. The van der Waals surface area contributed by atoms with Crippen LogP contribution in [-0.2, 0) is 4.79 Å². The van der Waals surface area contributed by atoms with Crippen LogP contribution in [0, 0.1) is 11.3 Å². The van der Waals surface area contributed by atoms with Gasteiger partial charge < -0.3 is 15.0 Å². The van der Waals surface area contributed by atoms with Gasteiger partial charge in [-0.3, -0.25) is 4.79 Å². The van der Waals surface area contributed by atoms with Crippen LogP contribution in [0.4, 0.5) is 11.4 Å². The molecule has 1 heterocycles. The normalized spacial score (nSPS) is 13.9. The Balaban J connectivity index is 1.67. The van der Waals surface area contributed by atoms with Crippen LogP contribution in [0.15, 0.2) is 54.1 Å². The van der Waals surface area contributed by atoms with Crippen LogP contribution >= 0.6 is 0 Å². The van der Waals surface area contributed by atoms with Gasteiger partial charge in [-0.25, -0.2) is 0 Å². The minimum atomic E-state index is -0.426. The quantitative estimate of drug-likeness (QED) is 0.618. The number of hydrogen-bond donors (Lipinski definition) is 1. The Bertz CT molecular complexity index is 843. The predicted octanol–water partition coefficient (Wildman–Crippen LogP) is 4.23. The molecule has 1 saturated heterocycles. The maximum atomic E-state index is 12.4. The van der Waals surface area contributed by atoms with Crippen molar-refractivity contribution in [2.45, 2.75) is 19.8 Å². The molecular weight excluding hydrogens is 338 g/mol. The van der Waals surface area contributed by atoms with Crippen molar-refractivity contribution in [1.29, 1.82) is 5.26 Å². The van der Waals surface area contributed by atoms with E-state index in [4.69, 9.17) is 4.74 Å². The first-order valence-electron chi connectivity index (χ1n) is 9.20. The van der Waals surface area contributed by atoms with Crippen LogP contribution in [0.3, 0.4) is 0 Å². The van der Waals surface area contributed by atoms with Gasteiger partial charge in [0.2, 0.25) is 0 Å². The lowest BCUT2D eigenvalue weighted by Crippen LogP contribution is -2.17. The second-order valence-electron chi connectivity index (χ2n) is 6.37. The van der Waals surface area contributed by atoms with Crippen molar-refractivity contribution in [3.63, 3.8) is 0 Å². The highest BCUT2D eigenvalue weighted by atomic mass is 16.5. The van der Waals surface area contributed by atoms with E-state index >= 15 is 0 Å². The Morgan fingerprint density at radius 3 is 2.41 bits per heavy atom. The molecule has 0 radical (unpaired) electrons. The number of rotatable bonds is 6. The third kappa shape index (κ3) is 4.89. The van der Waals surface area contributed by atoms with Crippen molar-refractivity contribution in [3.05, 3.63) is 59.7 Å². The zero-order valence-corrected chi connectivity index (χ0v) is 15.4. The summed E-state index contributed by atoms with van der Waals surface area (Å²) in [4.78, 5) is 14.7. The van der Waals surface area contributed by atoms with Gasteiger partial charge in [-0.2, -0.15) is 5.26 Å². The molecule has 0 atom stereocenters. The molecule has 27 heavy (non-hydrogen) atoms. The molecule has 0 unspecified atom stereocenters. The van der Waals surface area contributed by atoms with E-state index in [0.717, 1.165) is 24.4 Å². The van der Waals surface area contributed by atoms with Gasteiger partial charge in [0.15, 0.2) is 0 Å². The topological polar surface area (TPSA) is 65.4 Å². The standard InChI is InChI=1S/C22H23N3O2/c1-2-27-21-11-7-19(8-12-21)24-22(26)18(16-23)15-17-5-9-20(10-6-17)25-13-3-4-14-25/h5-12,15H,2-4,13-14H2,1H3,(H,24,26)/b18-15+. The summed E-state index contributed by atoms with van der Waals surface area (Å²) in [5.41, 5.74) is 2.70. The van der Waals surface area contributed by atoms with Crippen molar-refractivity contribution < 1.29 is 9.53 Å². The molecule has 0 saturated carbocycles. The number of hydrogen-bond acceptors (Lipinski definition) is 4. The first-order chi connectivity index (χ1) is 13.2. The number of nitriles is 1. The summed E-state index contributed by atoms with van der Waals surface area (Å²) in [6.45, 7) is 4.67. The molecule has 1 amide bonds. The maximum absolute atomic E-state index is 12.4. The molecule has 1 aliphatic rings. The molecule has 2 aromatic rings. The summed E-state index contributed by atoms with van der Waals surface area (Å²) in [5, 5.41) is 12.1. The predicted molar refractivity (Wildman–Crippen MR) is 108 cm³/mol. The Kier molecular flexibility index (Phi) is 6.11. The number of amides is 1. The number of anilines is 2. The fraction of sp³-hybridized carbons (Fsp3) is 0.273. The lowest BCUT2D eigenvalue weighted by atomic mass is 10.1. The molecule has 1 fully saturated rings. The highest BCUT2D eigenvalue weighted by molar-refractivity contribution is 6.09. The molecule has 5 heteroatoms. The van der Waals surface area contributed by atoms with Crippen LogP contribution in [0.25, 0.3) is 6.08 Å². The largest absolute Gasteiger partial charge is 0.494 e. The van der Waals surface area contributed by atoms with Crippen LogP contribution in [0.2, 0.25) is 0 Å². The molecule has 0 aliphatic carbocycles. The average molecular weight is 361 g/mol. The van der Waals surface area contributed by atoms with E-state index < -0.39 is 5.91 Å². The number of carbonyl (C=O) groups excluding carboxylic acids is 1. The van der Waals surface area contributed by atoms with Crippen LogP contribution < -0.4 is 15.0 Å². The van der Waals surface area contributed by atoms with Gasteiger partial charge in [-0.05, 0) is 67.8 Å². The van der Waals surface area contributed by atoms with Crippen molar-refractivity contribution in [2.24, 2.45) is 0 Å².